The highest BCUT2D eigenvalue weighted by Crippen LogP contribution is 2.23. The van der Waals surface area contributed by atoms with E-state index in [4.69, 9.17) is 0 Å². The van der Waals surface area contributed by atoms with Crippen LogP contribution in [0.5, 0.6) is 0 Å². The summed E-state index contributed by atoms with van der Waals surface area (Å²) in [6, 6.07) is 18.5. The average Bonchev–Trinajstić information content (AvgIpc) is 3.15. The highest BCUT2D eigenvalue weighted by Gasteiger charge is 2.05. The molecule has 2 aromatic carbocycles. The van der Waals surface area contributed by atoms with E-state index in [9.17, 15) is 5.26 Å². The van der Waals surface area contributed by atoms with E-state index in [2.05, 4.69) is 55.9 Å². The molecule has 1 heterocycles. The van der Waals surface area contributed by atoms with Crippen LogP contribution in [0.25, 0.3) is 22.8 Å². The number of rotatable bonds is 4. The first kappa shape index (κ1) is 15.4. The van der Waals surface area contributed by atoms with E-state index in [0.717, 1.165) is 22.4 Å². The molecular weight excluding hydrogens is 300 g/mol. The lowest BCUT2D eigenvalue weighted by molar-refractivity contribution is 0.881. The maximum atomic E-state index is 9.22. The summed E-state index contributed by atoms with van der Waals surface area (Å²) in [5.41, 5.74) is 4.74. The molecule has 0 amide bonds. The lowest BCUT2D eigenvalue weighted by Crippen LogP contribution is -2.07. The molecule has 0 aliphatic carbocycles. The van der Waals surface area contributed by atoms with Crippen LogP contribution in [0, 0.1) is 11.3 Å². The molecule has 24 heavy (non-hydrogen) atoms. The van der Waals surface area contributed by atoms with Gasteiger partial charge in [0.2, 0.25) is 0 Å². The van der Waals surface area contributed by atoms with Crippen LogP contribution in [-0.2, 0) is 0 Å². The Labute approximate surface area is 140 Å². The molecule has 6 heteroatoms. The molecule has 0 bridgehead atoms. The zero-order valence-electron chi connectivity index (χ0n) is 13.4. The van der Waals surface area contributed by atoms with Crippen LogP contribution < -0.4 is 4.90 Å². The molecule has 1 N–H and O–H groups in total. The minimum atomic E-state index is 0.362. The molecule has 0 spiro atoms. The number of hydrogen-bond acceptors (Lipinski definition) is 5. The topological polar surface area (TPSA) is 81.5 Å². The van der Waals surface area contributed by atoms with Crippen LogP contribution in [0.4, 0.5) is 5.69 Å². The van der Waals surface area contributed by atoms with Gasteiger partial charge in [-0.25, -0.2) is 5.10 Å². The summed E-state index contributed by atoms with van der Waals surface area (Å²) in [6.45, 7) is 0. The van der Waals surface area contributed by atoms with Crippen molar-refractivity contribution in [2.24, 2.45) is 0 Å². The first-order valence-electron chi connectivity index (χ1n) is 7.41. The lowest BCUT2D eigenvalue weighted by Gasteiger charge is -2.12. The van der Waals surface area contributed by atoms with Crippen molar-refractivity contribution >= 4 is 17.3 Å². The van der Waals surface area contributed by atoms with Gasteiger partial charge in [-0.3, -0.25) is 0 Å². The van der Waals surface area contributed by atoms with E-state index in [-0.39, 0.29) is 0 Å². The van der Waals surface area contributed by atoms with Crippen molar-refractivity contribution in [3.63, 3.8) is 0 Å². The Morgan fingerprint density at radius 3 is 2.17 bits per heavy atom. The summed E-state index contributed by atoms with van der Waals surface area (Å²) in [5, 5.41) is 22.6. The fraction of sp³-hybridized carbons (Fsp3) is 0.111. The number of benzene rings is 2. The second-order valence-electron chi connectivity index (χ2n) is 5.48. The number of tetrazole rings is 1. The van der Waals surface area contributed by atoms with Crippen molar-refractivity contribution in [1.29, 1.82) is 5.26 Å². The summed E-state index contributed by atoms with van der Waals surface area (Å²) < 4.78 is 0. The van der Waals surface area contributed by atoms with Crippen LogP contribution in [0.15, 0.2) is 48.5 Å². The Morgan fingerprint density at radius 1 is 1.04 bits per heavy atom. The number of allylic oxidation sites excluding steroid dienone is 1. The first-order chi connectivity index (χ1) is 11.7. The minimum absolute atomic E-state index is 0.362. The number of H-pyrrole nitrogens is 1. The van der Waals surface area contributed by atoms with E-state index in [0.29, 0.717) is 11.4 Å². The highest BCUT2D eigenvalue weighted by molar-refractivity contribution is 5.87. The molecule has 118 valence electrons. The van der Waals surface area contributed by atoms with Gasteiger partial charge in [0, 0.05) is 19.8 Å². The fourth-order valence-corrected chi connectivity index (χ4v) is 2.32. The highest BCUT2D eigenvalue weighted by atomic mass is 15.5. The smallest absolute Gasteiger partial charge is 0.190 e. The lowest BCUT2D eigenvalue weighted by atomic mass is 10.0. The molecule has 0 atom stereocenters. The van der Waals surface area contributed by atoms with Crippen molar-refractivity contribution in [3.8, 4) is 17.2 Å². The Balaban J connectivity index is 1.84. The largest absolute Gasteiger partial charge is 0.378 e. The van der Waals surface area contributed by atoms with Gasteiger partial charge in [0.05, 0.1) is 5.57 Å². The second-order valence-corrected chi connectivity index (χ2v) is 5.48. The quantitative estimate of drug-likeness (QED) is 0.748. The van der Waals surface area contributed by atoms with Gasteiger partial charge in [-0.15, -0.1) is 5.10 Å². The predicted octanol–water partition coefficient (Wildman–Crippen LogP) is 3.00. The molecular formula is C18H16N6. The van der Waals surface area contributed by atoms with Crippen LogP contribution in [0.3, 0.4) is 0 Å². The minimum Gasteiger partial charge on any atom is -0.378 e. The zero-order chi connectivity index (χ0) is 16.9. The van der Waals surface area contributed by atoms with Gasteiger partial charge in [-0.2, -0.15) is 5.26 Å². The normalized spacial score (nSPS) is 11.1. The monoisotopic (exact) mass is 316 g/mol. The molecule has 0 fully saturated rings. The zero-order valence-corrected chi connectivity index (χ0v) is 13.4. The van der Waals surface area contributed by atoms with E-state index in [1.807, 2.05) is 38.4 Å². The van der Waals surface area contributed by atoms with Crippen LogP contribution in [0.2, 0.25) is 0 Å². The SMILES string of the molecule is CN(C)c1ccc(-c2ccc(/C=C(\C#N)c3nnn[nH]3)cc2)cc1. The molecule has 1 aromatic heterocycles. The maximum Gasteiger partial charge on any atom is 0.190 e. The first-order valence-corrected chi connectivity index (χ1v) is 7.41. The van der Waals surface area contributed by atoms with E-state index < -0.39 is 0 Å². The van der Waals surface area contributed by atoms with Gasteiger partial charge in [0.25, 0.3) is 0 Å². The van der Waals surface area contributed by atoms with Gasteiger partial charge in [-0.05, 0) is 45.3 Å². The van der Waals surface area contributed by atoms with E-state index in [1.165, 1.54) is 0 Å². The van der Waals surface area contributed by atoms with Crippen LogP contribution >= 0.6 is 0 Å². The van der Waals surface area contributed by atoms with E-state index >= 15 is 0 Å². The number of nitriles is 1. The van der Waals surface area contributed by atoms with Gasteiger partial charge in [-0.1, -0.05) is 36.4 Å². The molecule has 3 aromatic rings. The van der Waals surface area contributed by atoms with Gasteiger partial charge in [0.1, 0.15) is 6.07 Å². The molecule has 0 radical (unpaired) electrons. The summed E-state index contributed by atoms with van der Waals surface area (Å²) >= 11 is 0. The van der Waals surface area contributed by atoms with Crippen LogP contribution in [0.1, 0.15) is 11.4 Å². The number of nitrogens with one attached hydrogen (secondary N) is 1. The number of aromatic amines is 1. The summed E-state index contributed by atoms with van der Waals surface area (Å²) in [7, 11) is 4.04. The standard InChI is InChI=1S/C18H16N6/c1-24(2)17-9-7-15(8-10-17)14-5-3-13(4-6-14)11-16(12-19)18-20-22-23-21-18/h3-11H,1-2H3,(H,20,21,22,23)/b16-11+. The Bertz CT molecular complexity index is 869. The third-order valence-electron chi connectivity index (χ3n) is 3.66. The Hall–Kier alpha value is -3.46. The molecule has 0 saturated heterocycles. The van der Waals surface area contributed by atoms with Gasteiger partial charge in [0.15, 0.2) is 5.82 Å². The third kappa shape index (κ3) is 3.31. The number of hydrogen-bond donors (Lipinski definition) is 1. The van der Waals surface area contributed by atoms with Crippen molar-refractivity contribution in [2.75, 3.05) is 19.0 Å². The number of nitrogens with zero attached hydrogens (tertiary/aromatic N) is 5. The maximum absolute atomic E-state index is 9.22. The summed E-state index contributed by atoms with van der Waals surface area (Å²) in [5.74, 6) is 0.362. The molecule has 3 rings (SSSR count). The Morgan fingerprint density at radius 2 is 1.67 bits per heavy atom. The summed E-state index contributed by atoms with van der Waals surface area (Å²) in [4.78, 5) is 2.07. The molecule has 0 unspecified atom stereocenters. The summed E-state index contributed by atoms with van der Waals surface area (Å²) in [6.07, 6.45) is 1.75. The molecule has 0 saturated carbocycles. The second kappa shape index (κ2) is 6.75. The average molecular weight is 316 g/mol. The predicted molar refractivity (Wildman–Crippen MR) is 93.9 cm³/mol. The molecule has 0 aliphatic heterocycles. The number of aromatic nitrogens is 4. The third-order valence-corrected chi connectivity index (χ3v) is 3.66. The van der Waals surface area contributed by atoms with E-state index in [1.54, 1.807) is 6.08 Å². The van der Waals surface area contributed by atoms with Crippen molar-refractivity contribution in [2.45, 2.75) is 0 Å². The molecule has 0 aliphatic rings. The van der Waals surface area contributed by atoms with Crippen molar-refractivity contribution in [3.05, 3.63) is 59.9 Å². The molecule has 6 nitrogen and oxygen atoms in total. The van der Waals surface area contributed by atoms with Crippen molar-refractivity contribution < 1.29 is 0 Å². The van der Waals surface area contributed by atoms with Crippen LogP contribution in [-0.4, -0.2) is 34.7 Å². The number of anilines is 1. The van der Waals surface area contributed by atoms with Gasteiger partial charge >= 0.3 is 0 Å². The Kier molecular flexibility index (Phi) is 4.34. The fourth-order valence-electron chi connectivity index (χ4n) is 2.32. The van der Waals surface area contributed by atoms with Crippen molar-refractivity contribution in [1.82, 2.24) is 20.6 Å². The van der Waals surface area contributed by atoms with Gasteiger partial charge < -0.3 is 4.90 Å².